The van der Waals surface area contributed by atoms with Crippen molar-refractivity contribution < 1.29 is 4.79 Å². The summed E-state index contributed by atoms with van der Waals surface area (Å²) in [4.78, 5) is 20.8. The molecule has 116 valence electrons. The third kappa shape index (κ3) is 3.30. The lowest BCUT2D eigenvalue weighted by Crippen LogP contribution is -2.39. The maximum atomic E-state index is 12.2. The minimum absolute atomic E-state index is 0.0150. The normalized spacial score (nSPS) is 18.7. The number of carbonyl (C=O) groups excluding carboxylic acids is 1. The highest BCUT2D eigenvalue weighted by atomic mass is 16.2. The number of hydrogen-bond acceptors (Lipinski definition) is 5. The van der Waals surface area contributed by atoms with E-state index >= 15 is 0 Å². The van der Waals surface area contributed by atoms with E-state index in [0.29, 0.717) is 11.5 Å². The van der Waals surface area contributed by atoms with Gasteiger partial charge in [-0.25, -0.2) is 9.97 Å². The second kappa shape index (κ2) is 6.65. The Kier molecular flexibility index (Phi) is 4.43. The van der Waals surface area contributed by atoms with Gasteiger partial charge in [-0.2, -0.15) is 5.10 Å². The average molecular weight is 300 g/mol. The van der Waals surface area contributed by atoms with Gasteiger partial charge in [0.05, 0.1) is 24.1 Å². The fourth-order valence-electron chi connectivity index (χ4n) is 2.60. The smallest absolute Gasteiger partial charge is 0.241 e. The SMILES string of the molecule is Cn1nccc1-c1ncc(NC(=O)[C@H]2CCCCCN2)cn1. The Bertz CT molecular complexity index is 628. The highest BCUT2D eigenvalue weighted by Crippen LogP contribution is 2.15. The van der Waals surface area contributed by atoms with Crippen molar-refractivity contribution in [2.45, 2.75) is 31.7 Å². The summed E-state index contributed by atoms with van der Waals surface area (Å²) in [7, 11) is 1.84. The highest BCUT2D eigenvalue weighted by molar-refractivity contribution is 5.94. The fraction of sp³-hybridized carbons (Fsp3) is 0.467. The topological polar surface area (TPSA) is 84.7 Å². The molecule has 3 heterocycles. The molecule has 3 rings (SSSR count). The lowest BCUT2D eigenvalue weighted by atomic mass is 10.1. The first-order chi connectivity index (χ1) is 10.7. The summed E-state index contributed by atoms with van der Waals surface area (Å²) in [5.41, 5.74) is 1.45. The number of nitrogens with zero attached hydrogens (tertiary/aromatic N) is 4. The van der Waals surface area contributed by atoms with Crippen LogP contribution in [0.5, 0.6) is 0 Å². The van der Waals surface area contributed by atoms with Gasteiger partial charge in [0, 0.05) is 13.2 Å². The molecule has 0 bridgehead atoms. The second-order valence-electron chi connectivity index (χ2n) is 5.48. The molecule has 0 radical (unpaired) electrons. The molecule has 0 aromatic carbocycles. The van der Waals surface area contributed by atoms with Gasteiger partial charge in [-0.1, -0.05) is 12.8 Å². The van der Waals surface area contributed by atoms with E-state index in [9.17, 15) is 4.79 Å². The standard InChI is InChI=1S/C15H20N6O/c1-21-13(6-8-19-21)14-17-9-11(10-18-14)20-15(22)12-5-3-2-4-7-16-12/h6,8-10,12,16H,2-5,7H2,1H3,(H,20,22)/t12-/m1/s1. The zero-order valence-corrected chi connectivity index (χ0v) is 12.6. The molecule has 2 N–H and O–H groups in total. The summed E-state index contributed by atoms with van der Waals surface area (Å²) in [5.74, 6) is 0.573. The molecule has 0 spiro atoms. The number of aromatic nitrogens is 4. The molecule has 2 aromatic heterocycles. The Hall–Kier alpha value is -2.28. The summed E-state index contributed by atoms with van der Waals surface area (Å²) in [6.45, 7) is 0.897. The molecule has 2 aromatic rings. The molecule has 1 aliphatic heterocycles. The third-order valence-corrected chi connectivity index (χ3v) is 3.85. The zero-order valence-electron chi connectivity index (χ0n) is 12.6. The van der Waals surface area contributed by atoms with Gasteiger partial charge in [0.1, 0.15) is 5.69 Å². The fourth-order valence-corrected chi connectivity index (χ4v) is 2.60. The van der Waals surface area contributed by atoms with E-state index in [1.165, 1.54) is 6.42 Å². The first-order valence-corrected chi connectivity index (χ1v) is 7.59. The van der Waals surface area contributed by atoms with E-state index in [-0.39, 0.29) is 11.9 Å². The minimum atomic E-state index is -0.126. The number of anilines is 1. The maximum Gasteiger partial charge on any atom is 0.241 e. The number of aryl methyl sites for hydroxylation is 1. The van der Waals surface area contributed by atoms with Crippen molar-refractivity contribution in [3.8, 4) is 11.5 Å². The molecule has 1 aliphatic rings. The quantitative estimate of drug-likeness (QED) is 0.893. The van der Waals surface area contributed by atoms with E-state index in [4.69, 9.17) is 0 Å². The van der Waals surface area contributed by atoms with Crippen LogP contribution in [0.25, 0.3) is 11.5 Å². The molecule has 7 heteroatoms. The number of nitrogens with one attached hydrogen (secondary N) is 2. The van der Waals surface area contributed by atoms with Crippen molar-refractivity contribution in [1.29, 1.82) is 0 Å². The molecule has 1 amide bonds. The predicted octanol–water partition coefficient (Wildman–Crippen LogP) is 1.35. The van der Waals surface area contributed by atoms with Gasteiger partial charge in [0.15, 0.2) is 5.82 Å². The predicted molar refractivity (Wildman–Crippen MR) is 83.1 cm³/mol. The lowest BCUT2D eigenvalue weighted by Gasteiger charge is -2.15. The molecule has 0 aliphatic carbocycles. The van der Waals surface area contributed by atoms with Gasteiger partial charge in [-0.15, -0.1) is 0 Å². The van der Waals surface area contributed by atoms with Crippen LogP contribution in [-0.2, 0) is 11.8 Å². The first kappa shape index (κ1) is 14.6. The van der Waals surface area contributed by atoms with Gasteiger partial charge in [-0.05, 0) is 25.5 Å². The molecule has 0 saturated carbocycles. The van der Waals surface area contributed by atoms with E-state index in [1.54, 1.807) is 23.3 Å². The molecular weight excluding hydrogens is 280 g/mol. The van der Waals surface area contributed by atoms with E-state index in [2.05, 4.69) is 25.7 Å². The van der Waals surface area contributed by atoms with Crippen molar-refractivity contribution in [3.63, 3.8) is 0 Å². The lowest BCUT2D eigenvalue weighted by molar-refractivity contribution is -0.118. The molecule has 1 atom stereocenters. The zero-order chi connectivity index (χ0) is 15.4. The van der Waals surface area contributed by atoms with Crippen LogP contribution < -0.4 is 10.6 Å². The Morgan fingerprint density at radius 2 is 2.14 bits per heavy atom. The highest BCUT2D eigenvalue weighted by Gasteiger charge is 2.19. The summed E-state index contributed by atoms with van der Waals surface area (Å²) >= 11 is 0. The Morgan fingerprint density at radius 3 is 2.86 bits per heavy atom. The van der Waals surface area contributed by atoms with Crippen LogP contribution >= 0.6 is 0 Å². The molecule has 7 nitrogen and oxygen atoms in total. The van der Waals surface area contributed by atoms with E-state index < -0.39 is 0 Å². The van der Waals surface area contributed by atoms with E-state index in [0.717, 1.165) is 31.5 Å². The summed E-state index contributed by atoms with van der Waals surface area (Å²) in [6, 6.07) is 1.72. The van der Waals surface area contributed by atoms with Crippen molar-refractivity contribution >= 4 is 11.6 Å². The second-order valence-corrected chi connectivity index (χ2v) is 5.48. The minimum Gasteiger partial charge on any atom is -0.322 e. The Labute approximate surface area is 129 Å². The van der Waals surface area contributed by atoms with Crippen LogP contribution in [-0.4, -0.2) is 38.2 Å². The van der Waals surface area contributed by atoms with Crippen molar-refractivity contribution in [3.05, 3.63) is 24.7 Å². The van der Waals surface area contributed by atoms with Crippen LogP contribution in [0.15, 0.2) is 24.7 Å². The van der Waals surface area contributed by atoms with Gasteiger partial charge in [-0.3, -0.25) is 9.48 Å². The summed E-state index contributed by atoms with van der Waals surface area (Å²) in [5, 5.41) is 10.2. The van der Waals surface area contributed by atoms with Gasteiger partial charge < -0.3 is 10.6 Å². The maximum absolute atomic E-state index is 12.2. The monoisotopic (exact) mass is 300 g/mol. The van der Waals surface area contributed by atoms with Gasteiger partial charge in [0.25, 0.3) is 0 Å². The summed E-state index contributed by atoms with van der Waals surface area (Å²) < 4.78 is 1.71. The van der Waals surface area contributed by atoms with Crippen LogP contribution in [0.1, 0.15) is 25.7 Å². The molecule has 1 saturated heterocycles. The molecular formula is C15H20N6O. The van der Waals surface area contributed by atoms with Crippen molar-refractivity contribution in [2.75, 3.05) is 11.9 Å². The molecule has 1 fully saturated rings. The van der Waals surface area contributed by atoms with Crippen LogP contribution in [0.2, 0.25) is 0 Å². The Balaban J connectivity index is 1.65. The van der Waals surface area contributed by atoms with Gasteiger partial charge in [0.2, 0.25) is 5.91 Å². The molecule has 0 unspecified atom stereocenters. The number of hydrogen-bond donors (Lipinski definition) is 2. The Morgan fingerprint density at radius 1 is 1.32 bits per heavy atom. The van der Waals surface area contributed by atoms with Crippen LogP contribution in [0, 0.1) is 0 Å². The first-order valence-electron chi connectivity index (χ1n) is 7.59. The van der Waals surface area contributed by atoms with E-state index in [1.807, 2.05) is 13.1 Å². The average Bonchev–Trinajstić information content (AvgIpc) is 2.78. The molecule has 22 heavy (non-hydrogen) atoms. The number of carbonyl (C=O) groups is 1. The van der Waals surface area contributed by atoms with Crippen molar-refractivity contribution in [1.82, 2.24) is 25.1 Å². The largest absolute Gasteiger partial charge is 0.322 e. The number of rotatable bonds is 3. The van der Waals surface area contributed by atoms with Crippen LogP contribution in [0.3, 0.4) is 0 Å². The summed E-state index contributed by atoms with van der Waals surface area (Å²) in [6.07, 6.45) is 9.23. The van der Waals surface area contributed by atoms with Crippen molar-refractivity contribution in [2.24, 2.45) is 7.05 Å². The number of amides is 1. The van der Waals surface area contributed by atoms with Crippen LogP contribution in [0.4, 0.5) is 5.69 Å². The third-order valence-electron chi connectivity index (χ3n) is 3.85. The van der Waals surface area contributed by atoms with Gasteiger partial charge >= 0.3 is 0 Å².